The van der Waals surface area contributed by atoms with Crippen LogP contribution < -0.4 is 4.31 Å². The van der Waals surface area contributed by atoms with Crippen molar-refractivity contribution in [1.82, 2.24) is 0 Å². The topological polar surface area (TPSA) is 80.5 Å². The molecule has 2 aromatic rings. The van der Waals surface area contributed by atoms with Gasteiger partial charge in [0.15, 0.2) is 0 Å². The van der Waals surface area contributed by atoms with Crippen LogP contribution in [0.5, 0.6) is 0 Å². The molecule has 0 aliphatic carbocycles. The highest BCUT2D eigenvalue weighted by molar-refractivity contribution is 9.10. The summed E-state index contributed by atoms with van der Waals surface area (Å²) in [6.45, 7) is 2.15. The van der Waals surface area contributed by atoms with Gasteiger partial charge in [-0.3, -0.25) is 14.4 Å². The minimum absolute atomic E-state index is 0.117. The van der Waals surface area contributed by atoms with E-state index in [-0.39, 0.29) is 17.1 Å². The molecule has 23 heavy (non-hydrogen) atoms. The first-order chi connectivity index (χ1) is 10.8. The van der Waals surface area contributed by atoms with Crippen molar-refractivity contribution in [2.45, 2.75) is 18.2 Å². The van der Waals surface area contributed by atoms with Crippen molar-refractivity contribution < 1.29 is 13.3 Å². The van der Waals surface area contributed by atoms with Crippen molar-refractivity contribution in [3.05, 3.63) is 62.1 Å². The monoisotopic (exact) mass is 396 g/mol. The second-order valence-corrected chi connectivity index (χ2v) is 8.02. The maximum Gasteiger partial charge on any atom is 0.271 e. The maximum atomic E-state index is 12.9. The van der Waals surface area contributed by atoms with Gasteiger partial charge in [0.2, 0.25) is 0 Å². The molecule has 6 nitrogen and oxygen atoms in total. The second kappa shape index (κ2) is 5.61. The van der Waals surface area contributed by atoms with Crippen LogP contribution in [0.15, 0.2) is 45.8 Å². The fourth-order valence-corrected chi connectivity index (χ4v) is 5.29. The Bertz CT molecular complexity index is 912. The lowest BCUT2D eigenvalue weighted by atomic mass is 10.1. The highest BCUT2D eigenvalue weighted by atomic mass is 79.9. The Morgan fingerprint density at radius 1 is 1.22 bits per heavy atom. The number of hydrogen-bond acceptors (Lipinski definition) is 4. The first kappa shape index (κ1) is 15.9. The van der Waals surface area contributed by atoms with Gasteiger partial charge in [0.1, 0.15) is 4.90 Å². The number of sulfonamides is 1. The van der Waals surface area contributed by atoms with Gasteiger partial charge in [-0.25, -0.2) is 8.42 Å². The highest BCUT2D eigenvalue weighted by Gasteiger charge is 2.33. The maximum absolute atomic E-state index is 12.9. The molecular formula is C15H13BrN2O4S. The molecule has 1 aliphatic rings. The van der Waals surface area contributed by atoms with E-state index >= 15 is 0 Å². The molecule has 1 heterocycles. The number of anilines is 1. The van der Waals surface area contributed by atoms with Gasteiger partial charge in [-0.15, -0.1) is 0 Å². The standard InChI is InChI=1S/C15H13BrN2O4S/c1-10-2-5-15(13(16)8-10)23(21,22)17-7-6-11-3-4-12(18(19)20)9-14(11)17/h2-5,8-9H,6-7H2,1H3. The fraction of sp³-hybridized carbons (Fsp3) is 0.200. The molecule has 0 spiro atoms. The molecule has 0 bridgehead atoms. The molecule has 0 saturated heterocycles. The molecule has 0 saturated carbocycles. The SMILES string of the molecule is Cc1ccc(S(=O)(=O)N2CCc3ccc([N+](=O)[O-])cc32)c(Br)c1. The van der Waals surface area contributed by atoms with Crippen molar-refractivity contribution >= 4 is 37.3 Å². The Balaban J connectivity index is 2.10. The van der Waals surface area contributed by atoms with Gasteiger partial charge >= 0.3 is 0 Å². The average Bonchev–Trinajstić information content (AvgIpc) is 2.90. The van der Waals surface area contributed by atoms with E-state index < -0.39 is 14.9 Å². The zero-order valence-electron chi connectivity index (χ0n) is 12.2. The van der Waals surface area contributed by atoms with Gasteiger partial charge in [-0.2, -0.15) is 0 Å². The third kappa shape index (κ3) is 2.72. The third-order valence-electron chi connectivity index (χ3n) is 3.79. The van der Waals surface area contributed by atoms with Crippen LogP contribution in [0.3, 0.4) is 0 Å². The number of nitro groups is 1. The summed E-state index contributed by atoms with van der Waals surface area (Å²) in [4.78, 5) is 10.6. The lowest BCUT2D eigenvalue weighted by Crippen LogP contribution is -2.29. The van der Waals surface area contributed by atoms with Crippen LogP contribution in [0.1, 0.15) is 11.1 Å². The number of rotatable bonds is 3. The van der Waals surface area contributed by atoms with Crippen molar-refractivity contribution in [1.29, 1.82) is 0 Å². The van der Waals surface area contributed by atoms with Gasteiger partial charge in [-0.05, 0) is 52.5 Å². The van der Waals surface area contributed by atoms with E-state index in [1.165, 1.54) is 16.4 Å². The van der Waals surface area contributed by atoms with Crippen LogP contribution in [0.2, 0.25) is 0 Å². The van der Waals surface area contributed by atoms with Gasteiger partial charge in [-0.1, -0.05) is 12.1 Å². The zero-order valence-corrected chi connectivity index (χ0v) is 14.6. The third-order valence-corrected chi connectivity index (χ3v) is 6.58. The van der Waals surface area contributed by atoms with E-state index in [2.05, 4.69) is 15.9 Å². The molecule has 0 aromatic heterocycles. The van der Waals surface area contributed by atoms with E-state index in [1.807, 2.05) is 6.92 Å². The molecule has 0 N–H and O–H groups in total. The molecule has 0 fully saturated rings. The number of benzene rings is 2. The Morgan fingerprint density at radius 3 is 2.61 bits per heavy atom. The van der Waals surface area contributed by atoms with E-state index in [4.69, 9.17) is 0 Å². The summed E-state index contributed by atoms with van der Waals surface area (Å²) in [5.74, 6) is 0. The van der Waals surface area contributed by atoms with Crippen LogP contribution in [0, 0.1) is 17.0 Å². The van der Waals surface area contributed by atoms with Crippen LogP contribution in [0.4, 0.5) is 11.4 Å². The summed E-state index contributed by atoms with van der Waals surface area (Å²) in [5.41, 5.74) is 2.00. The lowest BCUT2D eigenvalue weighted by Gasteiger charge is -2.20. The average molecular weight is 397 g/mol. The van der Waals surface area contributed by atoms with Gasteiger partial charge in [0, 0.05) is 23.2 Å². The summed E-state index contributed by atoms with van der Waals surface area (Å²) in [5, 5.41) is 10.9. The quantitative estimate of drug-likeness (QED) is 0.587. The summed E-state index contributed by atoms with van der Waals surface area (Å²) >= 11 is 3.29. The first-order valence-electron chi connectivity index (χ1n) is 6.87. The van der Waals surface area contributed by atoms with E-state index in [0.717, 1.165) is 11.1 Å². The minimum Gasteiger partial charge on any atom is -0.265 e. The van der Waals surface area contributed by atoms with Crippen LogP contribution in [-0.2, 0) is 16.4 Å². The predicted molar refractivity (Wildman–Crippen MR) is 90.2 cm³/mol. The van der Waals surface area contributed by atoms with Gasteiger partial charge < -0.3 is 0 Å². The van der Waals surface area contributed by atoms with Gasteiger partial charge in [0.05, 0.1) is 10.6 Å². The van der Waals surface area contributed by atoms with Crippen molar-refractivity contribution in [2.24, 2.45) is 0 Å². The molecule has 1 aliphatic heterocycles. The largest absolute Gasteiger partial charge is 0.271 e. The highest BCUT2D eigenvalue weighted by Crippen LogP contribution is 2.37. The number of halogens is 1. The van der Waals surface area contributed by atoms with Crippen molar-refractivity contribution in [3.63, 3.8) is 0 Å². The molecule has 0 amide bonds. The Hall–Kier alpha value is -1.93. The first-order valence-corrected chi connectivity index (χ1v) is 9.10. The Morgan fingerprint density at radius 2 is 1.96 bits per heavy atom. The summed E-state index contributed by atoms with van der Waals surface area (Å²) in [6.07, 6.45) is 0.538. The van der Waals surface area contributed by atoms with Crippen molar-refractivity contribution in [3.8, 4) is 0 Å². The normalized spacial score (nSPS) is 13.9. The molecule has 0 radical (unpaired) electrons. The minimum atomic E-state index is -3.78. The van der Waals surface area contributed by atoms with Crippen molar-refractivity contribution in [2.75, 3.05) is 10.8 Å². The number of nitrogens with zero attached hydrogens (tertiary/aromatic N) is 2. The molecule has 2 aromatic carbocycles. The zero-order chi connectivity index (χ0) is 16.8. The molecule has 0 unspecified atom stereocenters. The predicted octanol–water partition coefficient (Wildman–Crippen LogP) is 3.42. The molecule has 0 atom stereocenters. The number of fused-ring (bicyclic) bond motifs is 1. The summed E-state index contributed by atoms with van der Waals surface area (Å²) in [6, 6.07) is 9.34. The summed E-state index contributed by atoms with van der Waals surface area (Å²) < 4.78 is 27.6. The number of non-ortho nitro benzene ring substituents is 1. The number of hydrogen-bond donors (Lipinski definition) is 0. The van der Waals surface area contributed by atoms with Crippen LogP contribution in [-0.4, -0.2) is 19.9 Å². The summed E-state index contributed by atoms with van der Waals surface area (Å²) in [7, 11) is -3.78. The van der Waals surface area contributed by atoms with E-state index in [0.29, 0.717) is 16.6 Å². The Kier molecular flexibility index (Phi) is 3.89. The molecule has 120 valence electrons. The number of nitro benzene ring substituents is 1. The molecule has 8 heteroatoms. The number of aryl methyl sites for hydroxylation is 1. The lowest BCUT2D eigenvalue weighted by molar-refractivity contribution is -0.384. The fourth-order valence-electron chi connectivity index (χ4n) is 2.64. The Labute approximate surface area is 142 Å². The smallest absolute Gasteiger partial charge is 0.265 e. The van der Waals surface area contributed by atoms with E-state index in [1.54, 1.807) is 24.3 Å². The van der Waals surface area contributed by atoms with Gasteiger partial charge in [0.25, 0.3) is 15.7 Å². The molecular weight excluding hydrogens is 384 g/mol. The van der Waals surface area contributed by atoms with Crippen LogP contribution >= 0.6 is 15.9 Å². The van der Waals surface area contributed by atoms with Crippen LogP contribution in [0.25, 0.3) is 0 Å². The molecule has 3 rings (SSSR count). The van der Waals surface area contributed by atoms with E-state index in [9.17, 15) is 18.5 Å². The second-order valence-electron chi connectivity index (χ2n) is 5.33.